The van der Waals surface area contributed by atoms with E-state index in [1.54, 1.807) is 0 Å². The predicted molar refractivity (Wildman–Crippen MR) is 212 cm³/mol. The highest BCUT2D eigenvalue weighted by Gasteiger charge is 2.20. The lowest BCUT2D eigenvalue weighted by atomic mass is 9.95. The number of para-hydroxylation sites is 3. The van der Waals surface area contributed by atoms with Crippen LogP contribution in [0.25, 0.3) is 77.4 Å². The molecule has 0 aliphatic rings. The average molecular weight is 642 g/mol. The molecule has 7 aromatic carbocycles. The number of benzene rings is 7. The largest absolute Gasteiger partial charge is 0.385 e. The molecule has 0 radical (unpaired) electrons. The highest BCUT2D eigenvalue weighted by atomic mass is 15.1. The Morgan fingerprint density at radius 3 is 1.76 bits per heavy atom. The smallest absolute Gasteiger partial charge is 0.108 e. The first kappa shape index (κ1) is 29.6. The third-order valence-corrected chi connectivity index (χ3v) is 9.71. The number of allylic oxidation sites excluding steroid dienone is 3. The normalized spacial score (nSPS) is 12.2. The molecule has 0 fully saturated rings. The maximum atomic E-state index is 6.99. The molecule has 0 aliphatic carbocycles. The monoisotopic (exact) mass is 641 g/mol. The quantitative estimate of drug-likeness (QED) is 0.173. The van der Waals surface area contributed by atoms with Gasteiger partial charge in [0.15, 0.2) is 0 Å². The maximum absolute atomic E-state index is 6.99. The van der Waals surface area contributed by atoms with Crippen LogP contribution in [-0.4, -0.2) is 9.13 Å². The summed E-state index contributed by atoms with van der Waals surface area (Å²) >= 11 is 0. The van der Waals surface area contributed by atoms with E-state index in [1.807, 2.05) is 6.08 Å². The van der Waals surface area contributed by atoms with Crippen molar-refractivity contribution >= 4 is 49.4 Å². The van der Waals surface area contributed by atoms with Crippen molar-refractivity contribution in [3.05, 3.63) is 194 Å². The molecule has 0 saturated heterocycles. The first-order valence-electron chi connectivity index (χ1n) is 17.1. The van der Waals surface area contributed by atoms with Crippen molar-refractivity contribution in [3.63, 3.8) is 0 Å². The molecular formula is C47H35N3. The lowest BCUT2D eigenvalue weighted by molar-refractivity contribution is 1.17. The Bertz CT molecular complexity index is 2650. The van der Waals surface area contributed by atoms with E-state index in [-0.39, 0.29) is 0 Å². The second kappa shape index (κ2) is 12.5. The van der Waals surface area contributed by atoms with Crippen LogP contribution in [0.2, 0.25) is 0 Å². The minimum absolute atomic E-state index is 0.678. The van der Waals surface area contributed by atoms with Gasteiger partial charge in [0.25, 0.3) is 0 Å². The van der Waals surface area contributed by atoms with Gasteiger partial charge in [-0.25, -0.2) is 0 Å². The van der Waals surface area contributed by atoms with Crippen LogP contribution in [0.4, 0.5) is 0 Å². The molecule has 2 N–H and O–H groups in total. The van der Waals surface area contributed by atoms with Crippen molar-refractivity contribution in [1.82, 2.24) is 9.13 Å². The van der Waals surface area contributed by atoms with Crippen LogP contribution in [0.3, 0.4) is 0 Å². The van der Waals surface area contributed by atoms with E-state index >= 15 is 0 Å². The Labute approximate surface area is 291 Å². The Morgan fingerprint density at radius 1 is 0.500 bits per heavy atom. The van der Waals surface area contributed by atoms with Crippen molar-refractivity contribution < 1.29 is 0 Å². The van der Waals surface area contributed by atoms with E-state index < -0.39 is 0 Å². The average Bonchev–Trinajstić information content (AvgIpc) is 3.70. The van der Waals surface area contributed by atoms with Gasteiger partial charge in [0.2, 0.25) is 0 Å². The summed E-state index contributed by atoms with van der Waals surface area (Å²) in [5, 5.41) is 4.85. The molecule has 0 unspecified atom stereocenters. The zero-order valence-electron chi connectivity index (χ0n) is 27.6. The Kier molecular flexibility index (Phi) is 7.37. The second-order valence-corrected chi connectivity index (χ2v) is 12.8. The summed E-state index contributed by atoms with van der Waals surface area (Å²) in [6.07, 6.45) is 7.11. The standard InChI is InChI=1S/C47H35N3/c48-45(27-15-10-16-33-30-36(34-17-4-1-5-18-34)32-37(31-33)35-19-6-2-7-20-35)50-43-26-14-12-24-41(43)46-44(50)29-28-40-39-23-11-13-25-42(39)49(47(40)46)38-21-8-3-9-22-38/h1-15,17-32H,16,48H2/b15-10-,45-27+. The van der Waals surface area contributed by atoms with Crippen molar-refractivity contribution in [2.75, 3.05) is 0 Å². The van der Waals surface area contributed by atoms with Crippen LogP contribution in [0, 0.1) is 0 Å². The topological polar surface area (TPSA) is 35.9 Å². The maximum Gasteiger partial charge on any atom is 0.108 e. The Morgan fingerprint density at radius 2 is 1.08 bits per heavy atom. The SMILES string of the molecule is N/C(=C\C=C/Cc1cc(-c2ccccc2)cc(-c2ccccc2)c1)n1c2ccccc2c2c1ccc1c3ccccc3n(-c3ccccc3)c12. The van der Waals surface area contributed by atoms with Gasteiger partial charge < -0.3 is 10.3 Å². The molecule has 2 heterocycles. The molecule has 0 atom stereocenters. The van der Waals surface area contributed by atoms with Crippen LogP contribution in [0.1, 0.15) is 5.56 Å². The van der Waals surface area contributed by atoms with Crippen LogP contribution in [0.5, 0.6) is 0 Å². The summed E-state index contributed by atoms with van der Waals surface area (Å²) in [7, 11) is 0. The highest BCUT2D eigenvalue weighted by Crippen LogP contribution is 2.41. The molecule has 3 nitrogen and oxygen atoms in total. The summed E-state index contributed by atoms with van der Waals surface area (Å²) in [6.45, 7) is 0. The van der Waals surface area contributed by atoms with Crippen LogP contribution < -0.4 is 5.73 Å². The van der Waals surface area contributed by atoms with Gasteiger partial charge in [-0.15, -0.1) is 0 Å². The molecule has 0 saturated carbocycles. The van der Waals surface area contributed by atoms with E-state index in [4.69, 9.17) is 5.73 Å². The van der Waals surface area contributed by atoms with Gasteiger partial charge in [0, 0.05) is 27.2 Å². The summed E-state index contributed by atoms with van der Waals surface area (Å²) < 4.78 is 4.60. The van der Waals surface area contributed by atoms with Crippen molar-refractivity contribution in [2.24, 2.45) is 5.73 Å². The first-order chi connectivity index (χ1) is 24.7. The number of rotatable bonds is 7. The molecule has 0 spiro atoms. The van der Waals surface area contributed by atoms with Crippen molar-refractivity contribution in [1.29, 1.82) is 0 Å². The van der Waals surface area contributed by atoms with E-state index in [2.05, 4.69) is 191 Å². The van der Waals surface area contributed by atoms with E-state index in [9.17, 15) is 0 Å². The molecule has 238 valence electrons. The fourth-order valence-corrected chi connectivity index (χ4v) is 7.48. The predicted octanol–water partition coefficient (Wildman–Crippen LogP) is 11.8. The molecule has 9 aromatic rings. The summed E-state index contributed by atoms with van der Waals surface area (Å²) in [5.74, 6) is 0.678. The Hall–Kier alpha value is -6.58. The molecule has 0 bridgehead atoms. The molecule has 50 heavy (non-hydrogen) atoms. The molecule has 9 rings (SSSR count). The van der Waals surface area contributed by atoms with Gasteiger partial charge in [-0.1, -0.05) is 146 Å². The summed E-state index contributed by atoms with van der Waals surface area (Å²) in [5.41, 5.74) is 18.8. The van der Waals surface area contributed by atoms with Gasteiger partial charge in [0.1, 0.15) is 5.82 Å². The fourth-order valence-electron chi connectivity index (χ4n) is 7.48. The third kappa shape index (κ3) is 5.08. The van der Waals surface area contributed by atoms with Gasteiger partial charge in [-0.3, -0.25) is 4.57 Å². The second-order valence-electron chi connectivity index (χ2n) is 12.8. The highest BCUT2D eigenvalue weighted by molar-refractivity contribution is 6.26. The van der Waals surface area contributed by atoms with Crippen molar-refractivity contribution in [2.45, 2.75) is 6.42 Å². The zero-order valence-corrected chi connectivity index (χ0v) is 27.6. The van der Waals surface area contributed by atoms with E-state index in [0.29, 0.717) is 5.82 Å². The lowest BCUT2D eigenvalue weighted by Gasteiger charge is -2.10. The summed E-state index contributed by atoms with van der Waals surface area (Å²) in [4.78, 5) is 0. The number of nitrogens with two attached hydrogens (primary N) is 1. The summed E-state index contributed by atoms with van der Waals surface area (Å²) in [6, 6.07) is 60.5. The third-order valence-electron chi connectivity index (χ3n) is 9.71. The molecule has 2 aromatic heterocycles. The van der Waals surface area contributed by atoms with E-state index in [1.165, 1.54) is 60.4 Å². The lowest BCUT2D eigenvalue weighted by Crippen LogP contribution is -2.05. The molecule has 0 amide bonds. The number of aromatic nitrogens is 2. The van der Waals surface area contributed by atoms with Gasteiger partial charge >= 0.3 is 0 Å². The van der Waals surface area contributed by atoms with Gasteiger partial charge in [0.05, 0.1) is 22.1 Å². The van der Waals surface area contributed by atoms with Crippen molar-refractivity contribution in [3.8, 4) is 27.9 Å². The van der Waals surface area contributed by atoms with Gasteiger partial charge in [-0.2, -0.15) is 0 Å². The van der Waals surface area contributed by atoms with Gasteiger partial charge in [-0.05, 0) is 76.7 Å². The van der Waals surface area contributed by atoms with Crippen LogP contribution in [-0.2, 0) is 6.42 Å². The molecule has 3 heteroatoms. The number of hydrogen-bond donors (Lipinski definition) is 1. The number of nitrogens with zero attached hydrogens (tertiary/aromatic N) is 2. The molecular weight excluding hydrogens is 607 g/mol. The zero-order chi connectivity index (χ0) is 33.4. The number of fused-ring (bicyclic) bond motifs is 7. The first-order valence-corrected chi connectivity index (χ1v) is 17.1. The fraction of sp³-hybridized carbons (Fsp3) is 0.0213. The van der Waals surface area contributed by atoms with Crippen LogP contribution in [0.15, 0.2) is 188 Å². The van der Waals surface area contributed by atoms with E-state index in [0.717, 1.165) is 23.1 Å². The molecule has 0 aliphatic heterocycles. The number of hydrogen-bond acceptors (Lipinski definition) is 1. The minimum Gasteiger partial charge on any atom is -0.385 e. The van der Waals surface area contributed by atoms with Crippen LogP contribution >= 0.6 is 0 Å². The Balaban J connectivity index is 1.14. The minimum atomic E-state index is 0.678.